The molecule has 0 radical (unpaired) electrons. The highest BCUT2D eigenvalue weighted by Crippen LogP contribution is 2.40. The van der Waals surface area contributed by atoms with Gasteiger partial charge in [-0.1, -0.05) is 23.8 Å². The average molecular weight is 238 g/mol. The Morgan fingerprint density at radius 3 is 2.31 bits per heavy atom. The van der Waals surface area contributed by atoms with Crippen molar-refractivity contribution in [1.29, 1.82) is 0 Å². The SMILES string of the molecule is CC(C)=CC1(S(=O)(=O)c2ccccc2)CO1. The van der Waals surface area contributed by atoms with Gasteiger partial charge in [0.15, 0.2) is 0 Å². The molecular formula is C12H14O3S. The predicted molar refractivity (Wildman–Crippen MR) is 61.7 cm³/mol. The van der Waals surface area contributed by atoms with E-state index in [1.54, 1.807) is 36.4 Å². The molecule has 0 saturated carbocycles. The topological polar surface area (TPSA) is 46.7 Å². The van der Waals surface area contributed by atoms with Crippen LogP contribution in [0.5, 0.6) is 0 Å². The second-order valence-corrected chi connectivity index (χ2v) is 6.31. The molecule has 1 fully saturated rings. The van der Waals surface area contributed by atoms with Gasteiger partial charge in [0.25, 0.3) is 0 Å². The summed E-state index contributed by atoms with van der Waals surface area (Å²) in [6.07, 6.45) is 1.68. The lowest BCUT2D eigenvalue weighted by molar-refractivity contribution is 0.403. The fraction of sp³-hybridized carbons (Fsp3) is 0.333. The third-order valence-corrected chi connectivity index (χ3v) is 4.60. The first-order valence-electron chi connectivity index (χ1n) is 5.08. The van der Waals surface area contributed by atoms with E-state index in [2.05, 4.69) is 0 Å². The van der Waals surface area contributed by atoms with Crippen LogP contribution in [0.1, 0.15) is 13.8 Å². The van der Waals surface area contributed by atoms with Gasteiger partial charge < -0.3 is 4.74 Å². The molecule has 1 aromatic carbocycles. The summed E-state index contributed by atoms with van der Waals surface area (Å²) in [5.41, 5.74) is 0.942. The minimum absolute atomic E-state index is 0.245. The highest BCUT2D eigenvalue weighted by molar-refractivity contribution is 7.93. The fourth-order valence-electron chi connectivity index (χ4n) is 1.63. The van der Waals surface area contributed by atoms with Crippen LogP contribution in [0.15, 0.2) is 46.9 Å². The summed E-state index contributed by atoms with van der Waals surface area (Å²) >= 11 is 0. The minimum atomic E-state index is -3.42. The van der Waals surface area contributed by atoms with Crippen molar-refractivity contribution in [1.82, 2.24) is 0 Å². The van der Waals surface area contributed by atoms with E-state index in [4.69, 9.17) is 4.74 Å². The monoisotopic (exact) mass is 238 g/mol. The Morgan fingerprint density at radius 2 is 1.88 bits per heavy atom. The summed E-state index contributed by atoms with van der Waals surface area (Å²) in [6, 6.07) is 8.41. The van der Waals surface area contributed by atoms with Crippen molar-refractivity contribution in [2.45, 2.75) is 23.7 Å². The zero-order chi connectivity index (χ0) is 11.8. The van der Waals surface area contributed by atoms with Gasteiger partial charge in [0.2, 0.25) is 14.8 Å². The molecule has 0 aromatic heterocycles. The molecule has 0 spiro atoms. The summed E-state index contributed by atoms with van der Waals surface area (Å²) in [6.45, 7) is 3.98. The summed E-state index contributed by atoms with van der Waals surface area (Å²) < 4.78 is 29.7. The molecule has 3 nitrogen and oxygen atoms in total. The van der Waals surface area contributed by atoms with Gasteiger partial charge in [0.05, 0.1) is 11.5 Å². The number of hydrogen-bond acceptors (Lipinski definition) is 3. The Balaban J connectivity index is 2.46. The van der Waals surface area contributed by atoms with Crippen molar-refractivity contribution in [2.75, 3.05) is 6.61 Å². The van der Waals surface area contributed by atoms with E-state index in [9.17, 15) is 8.42 Å². The van der Waals surface area contributed by atoms with Gasteiger partial charge in [-0.15, -0.1) is 0 Å². The van der Waals surface area contributed by atoms with Crippen LogP contribution in [-0.4, -0.2) is 20.0 Å². The van der Waals surface area contributed by atoms with E-state index in [1.807, 2.05) is 13.8 Å². The Hall–Kier alpha value is -1.13. The number of epoxide rings is 1. The summed E-state index contributed by atoms with van der Waals surface area (Å²) in [4.78, 5) is -0.808. The Kier molecular flexibility index (Phi) is 2.64. The molecule has 0 N–H and O–H groups in total. The Labute approximate surface area is 95.7 Å². The van der Waals surface area contributed by atoms with Crippen molar-refractivity contribution in [2.24, 2.45) is 0 Å². The molecule has 0 amide bonds. The summed E-state index contributed by atoms with van der Waals surface area (Å²) in [5.74, 6) is 0. The number of rotatable bonds is 3. The van der Waals surface area contributed by atoms with Gasteiger partial charge in [-0.05, 0) is 32.1 Å². The molecule has 0 aliphatic carbocycles. The third kappa shape index (κ3) is 1.79. The second kappa shape index (κ2) is 3.71. The van der Waals surface area contributed by atoms with Crippen LogP contribution in [0.4, 0.5) is 0 Å². The normalized spacial score (nSPS) is 23.9. The Bertz CT molecular complexity index is 506. The molecule has 0 bridgehead atoms. The molecule has 1 aromatic rings. The van der Waals surface area contributed by atoms with Crippen LogP contribution in [0.2, 0.25) is 0 Å². The highest BCUT2D eigenvalue weighted by Gasteiger charge is 2.55. The van der Waals surface area contributed by atoms with E-state index in [0.29, 0.717) is 4.90 Å². The lowest BCUT2D eigenvalue weighted by Gasteiger charge is -2.09. The molecule has 1 saturated heterocycles. The molecular weight excluding hydrogens is 224 g/mol. The van der Waals surface area contributed by atoms with Crippen LogP contribution in [0.3, 0.4) is 0 Å². The first kappa shape index (κ1) is 11.4. The number of ether oxygens (including phenoxy) is 1. The van der Waals surface area contributed by atoms with E-state index in [-0.39, 0.29) is 6.61 Å². The van der Waals surface area contributed by atoms with Crippen molar-refractivity contribution < 1.29 is 13.2 Å². The number of sulfone groups is 1. The largest absolute Gasteiger partial charge is 0.349 e. The lowest BCUT2D eigenvalue weighted by atomic mass is 10.3. The first-order chi connectivity index (χ1) is 7.48. The van der Waals surface area contributed by atoms with Crippen LogP contribution in [-0.2, 0) is 14.6 Å². The average Bonchev–Trinajstić information content (AvgIpc) is 2.99. The predicted octanol–water partition coefficient (Wildman–Crippen LogP) is 2.15. The van der Waals surface area contributed by atoms with Gasteiger partial charge >= 0.3 is 0 Å². The van der Waals surface area contributed by atoms with Gasteiger partial charge in [-0.25, -0.2) is 8.42 Å². The molecule has 1 aliphatic heterocycles. The highest BCUT2D eigenvalue weighted by atomic mass is 32.2. The maximum absolute atomic E-state index is 12.3. The second-order valence-electron chi connectivity index (χ2n) is 4.14. The van der Waals surface area contributed by atoms with Crippen LogP contribution < -0.4 is 0 Å². The van der Waals surface area contributed by atoms with Crippen molar-refractivity contribution in [3.8, 4) is 0 Å². The van der Waals surface area contributed by atoms with E-state index >= 15 is 0 Å². The Morgan fingerprint density at radius 1 is 1.31 bits per heavy atom. The molecule has 1 aliphatic rings. The van der Waals surface area contributed by atoms with Crippen molar-refractivity contribution in [3.63, 3.8) is 0 Å². The zero-order valence-electron chi connectivity index (χ0n) is 9.30. The summed E-state index contributed by atoms with van der Waals surface area (Å²) in [5, 5.41) is 0. The lowest BCUT2D eigenvalue weighted by Crippen LogP contribution is -2.23. The number of benzene rings is 1. The molecule has 86 valence electrons. The van der Waals surface area contributed by atoms with Crippen LogP contribution in [0, 0.1) is 0 Å². The molecule has 16 heavy (non-hydrogen) atoms. The zero-order valence-corrected chi connectivity index (χ0v) is 10.1. The number of hydrogen-bond donors (Lipinski definition) is 0. The van der Waals surface area contributed by atoms with Crippen molar-refractivity contribution >= 4 is 9.84 Å². The van der Waals surface area contributed by atoms with E-state index in [1.165, 1.54) is 0 Å². The molecule has 1 heterocycles. The van der Waals surface area contributed by atoms with E-state index in [0.717, 1.165) is 5.57 Å². The summed E-state index contributed by atoms with van der Waals surface area (Å²) in [7, 11) is -3.42. The van der Waals surface area contributed by atoms with Gasteiger partial charge in [-0.2, -0.15) is 0 Å². The molecule has 1 unspecified atom stereocenters. The minimum Gasteiger partial charge on any atom is -0.349 e. The first-order valence-corrected chi connectivity index (χ1v) is 6.56. The molecule has 2 rings (SSSR count). The van der Waals surface area contributed by atoms with Crippen LogP contribution >= 0.6 is 0 Å². The van der Waals surface area contributed by atoms with Gasteiger partial charge in [0, 0.05) is 0 Å². The number of allylic oxidation sites excluding steroid dienone is 1. The maximum Gasteiger partial charge on any atom is 0.215 e. The maximum atomic E-state index is 12.3. The molecule has 4 heteroatoms. The fourth-order valence-corrected chi connectivity index (χ4v) is 3.30. The van der Waals surface area contributed by atoms with Crippen LogP contribution in [0.25, 0.3) is 0 Å². The van der Waals surface area contributed by atoms with E-state index < -0.39 is 14.8 Å². The third-order valence-electron chi connectivity index (χ3n) is 2.45. The van der Waals surface area contributed by atoms with Gasteiger partial charge in [0.1, 0.15) is 0 Å². The van der Waals surface area contributed by atoms with Crippen molar-refractivity contribution in [3.05, 3.63) is 42.0 Å². The van der Waals surface area contributed by atoms with Gasteiger partial charge in [-0.3, -0.25) is 0 Å². The standard InChI is InChI=1S/C12H14O3S/c1-10(2)8-12(9-15-12)16(13,14)11-6-4-3-5-7-11/h3-8H,9H2,1-2H3. The molecule has 1 atom stereocenters. The smallest absolute Gasteiger partial charge is 0.215 e. The quantitative estimate of drug-likeness (QED) is 0.599.